The second-order valence-corrected chi connectivity index (χ2v) is 3.94. The number of carboxylic acid groups (broad SMARTS) is 1. The molecule has 4 nitrogen and oxygen atoms in total. The number of hydrogen-bond acceptors (Lipinski definition) is 2. The third-order valence-electron chi connectivity index (χ3n) is 2.71. The maximum atomic E-state index is 10.5. The highest BCUT2D eigenvalue weighted by Crippen LogP contribution is 2.23. The molecule has 0 saturated carbocycles. The minimum absolute atomic E-state index is 0.156. The van der Waals surface area contributed by atoms with Crippen molar-refractivity contribution in [3.8, 4) is 0 Å². The SMILES string of the molecule is Cn1cc(CCC(=O)O)c2ccc(N)cc21. The van der Waals surface area contributed by atoms with E-state index in [0.29, 0.717) is 6.42 Å². The smallest absolute Gasteiger partial charge is 0.303 e. The van der Waals surface area contributed by atoms with Gasteiger partial charge in [-0.15, -0.1) is 0 Å². The first-order valence-electron chi connectivity index (χ1n) is 5.13. The van der Waals surface area contributed by atoms with Gasteiger partial charge in [-0.2, -0.15) is 0 Å². The van der Waals surface area contributed by atoms with Gasteiger partial charge in [0.05, 0.1) is 5.52 Å². The van der Waals surface area contributed by atoms with Crippen molar-refractivity contribution in [3.63, 3.8) is 0 Å². The van der Waals surface area contributed by atoms with Gasteiger partial charge in [0, 0.05) is 30.7 Å². The summed E-state index contributed by atoms with van der Waals surface area (Å²) in [5.41, 5.74) is 8.54. The van der Waals surface area contributed by atoms with Crippen molar-refractivity contribution in [1.29, 1.82) is 0 Å². The Labute approximate surface area is 93.3 Å². The van der Waals surface area contributed by atoms with Crippen LogP contribution in [0.25, 0.3) is 10.9 Å². The van der Waals surface area contributed by atoms with Gasteiger partial charge >= 0.3 is 5.97 Å². The fourth-order valence-corrected chi connectivity index (χ4v) is 1.93. The van der Waals surface area contributed by atoms with Crippen LogP contribution in [0.15, 0.2) is 24.4 Å². The number of rotatable bonds is 3. The fraction of sp³-hybridized carbons (Fsp3) is 0.250. The summed E-state index contributed by atoms with van der Waals surface area (Å²) in [5, 5.41) is 9.75. The van der Waals surface area contributed by atoms with Crippen LogP contribution in [0.1, 0.15) is 12.0 Å². The largest absolute Gasteiger partial charge is 0.481 e. The number of anilines is 1. The number of carbonyl (C=O) groups is 1. The molecular weight excluding hydrogens is 204 g/mol. The number of aliphatic carboxylic acids is 1. The number of carboxylic acids is 1. The minimum Gasteiger partial charge on any atom is -0.481 e. The Morgan fingerprint density at radius 2 is 2.25 bits per heavy atom. The van der Waals surface area contributed by atoms with Gasteiger partial charge in [-0.1, -0.05) is 6.07 Å². The Balaban J connectivity index is 2.43. The van der Waals surface area contributed by atoms with Crippen LogP contribution in [0.3, 0.4) is 0 Å². The topological polar surface area (TPSA) is 68.2 Å². The number of hydrogen-bond donors (Lipinski definition) is 2. The predicted molar refractivity (Wildman–Crippen MR) is 63.3 cm³/mol. The van der Waals surface area contributed by atoms with Crippen LogP contribution < -0.4 is 5.73 Å². The van der Waals surface area contributed by atoms with Gasteiger partial charge < -0.3 is 15.4 Å². The second kappa shape index (κ2) is 3.89. The lowest BCUT2D eigenvalue weighted by Crippen LogP contribution is -1.96. The van der Waals surface area contributed by atoms with Crippen LogP contribution in [0.4, 0.5) is 5.69 Å². The van der Waals surface area contributed by atoms with Crippen molar-refractivity contribution in [2.45, 2.75) is 12.8 Å². The summed E-state index contributed by atoms with van der Waals surface area (Å²) in [5.74, 6) is -0.771. The van der Waals surface area contributed by atoms with Crippen molar-refractivity contribution in [2.75, 3.05) is 5.73 Å². The van der Waals surface area contributed by atoms with E-state index in [-0.39, 0.29) is 6.42 Å². The Morgan fingerprint density at radius 3 is 2.94 bits per heavy atom. The van der Waals surface area contributed by atoms with E-state index in [2.05, 4.69) is 0 Å². The Hall–Kier alpha value is -1.97. The molecule has 0 spiro atoms. The molecule has 2 aromatic rings. The van der Waals surface area contributed by atoms with Crippen molar-refractivity contribution >= 4 is 22.6 Å². The molecule has 0 atom stereocenters. The molecule has 0 aliphatic heterocycles. The van der Waals surface area contributed by atoms with Gasteiger partial charge in [-0.25, -0.2) is 0 Å². The fourth-order valence-electron chi connectivity index (χ4n) is 1.93. The van der Waals surface area contributed by atoms with Crippen LogP contribution in [-0.4, -0.2) is 15.6 Å². The molecule has 0 amide bonds. The molecule has 4 heteroatoms. The van der Waals surface area contributed by atoms with Crippen LogP contribution in [0.2, 0.25) is 0 Å². The molecule has 1 aromatic heterocycles. The van der Waals surface area contributed by atoms with Crippen molar-refractivity contribution < 1.29 is 9.90 Å². The molecule has 3 N–H and O–H groups in total. The molecule has 1 heterocycles. The zero-order valence-corrected chi connectivity index (χ0v) is 9.10. The Bertz CT molecular complexity index is 543. The van der Waals surface area contributed by atoms with Gasteiger partial charge in [-0.05, 0) is 24.1 Å². The Kier molecular flexibility index (Phi) is 2.56. The Morgan fingerprint density at radius 1 is 1.50 bits per heavy atom. The molecule has 84 valence electrons. The molecule has 1 aromatic carbocycles. The van der Waals surface area contributed by atoms with Crippen LogP contribution in [0, 0.1) is 0 Å². The maximum Gasteiger partial charge on any atom is 0.303 e. The highest BCUT2D eigenvalue weighted by Gasteiger charge is 2.08. The number of nitrogens with two attached hydrogens (primary N) is 1. The third kappa shape index (κ3) is 1.86. The van der Waals surface area contributed by atoms with Crippen LogP contribution >= 0.6 is 0 Å². The number of benzene rings is 1. The molecular formula is C12H14N2O2. The highest BCUT2D eigenvalue weighted by atomic mass is 16.4. The van der Waals surface area contributed by atoms with E-state index in [1.54, 1.807) is 0 Å². The van der Waals surface area contributed by atoms with Crippen molar-refractivity contribution in [3.05, 3.63) is 30.0 Å². The first-order valence-corrected chi connectivity index (χ1v) is 5.13. The molecule has 16 heavy (non-hydrogen) atoms. The summed E-state index contributed by atoms with van der Waals surface area (Å²) in [6, 6.07) is 5.69. The molecule has 0 aliphatic carbocycles. The van der Waals surface area contributed by atoms with Crippen molar-refractivity contribution in [2.24, 2.45) is 7.05 Å². The lowest BCUT2D eigenvalue weighted by Gasteiger charge is -1.98. The number of nitrogen functional groups attached to an aromatic ring is 1. The van der Waals surface area contributed by atoms with E-state index in [4.69, 9.17) is 10.8 Å². The molecule has 0 saturated heterocycles. The summed E-state index contributed by atoms with van der Waals surface area (Å²) in [6.45, 7) is 0. The van der Waals surface area contributed by atoms with Gasteiger partial charge in [0.15, 0.2) is 0 Å². The summed E-state index contributed by atoms with van der Waals surface area (Å²) in [4.78, 5) is 10.5. The van der Waals surface area contributed by atoms with Crippen LogP contribution in [-0.2, 0) is 18.3 Å². The van der Waals surface area contributed by atoms with Gasteiger partial charge in [0.1, 0.15) is 0 Å². The lowest BCUT2D eigenvalue weighted by molar-refractivity contribution is -0.136. The summed E-state index contributed by atoms with van der Waals surface area (Å²) in [6.07, 6.45) is 2.67. The second-order valence-electron chi connectivity index (χ2n) is 3.94. The third-order valence-corrected chi connectivity index (χ3v) is 2.71. The zero-order valence-electron chi connectivity index (χ0n) is 9.10. The summed E-state index contributed by atoms with van der Waals surface area (Å²) < 4.78 is 1.98. The van der Waals surface area contributed by atoms with E-state index >= 15 is 0 Å². The molecule has 0 radical (unpaired) electrons. The van der Waals surface area contributed by atoms with Crippen LogP contribution in [0.5, 0.6) is 0 Å². The molecule has 0 fully saturated rings. The minimum atomic E-state index is -0.771. The molecule has 0 unspecified atom stereocenters. The standard InChI is InChI=1S/C12H14N2O2/c1-14-7-8(2-5-12(15)16)10-4-3-9(13)6-11(10)14/h3-4,6-7H,2,5,13H2,1H3,(H,15,16). The van der Waals surface area contributed by atoms with Crippen molar-refractivity contribution in [1.82, 2.24) is 4.57 Å². The monoisotopic (exact) mass is 218 g/mol. The van der Waals surface area contributed by atoms with Gasteiger partial charge in [-0.3, -0.25) is 4.79 Å². The van der Waals surface area contributed by atoms with E-state index in [1.165, 1.54) is 0 Å². The van der Waals surface area contributed by atoms with Gasteiger partial charge in [0.25, 0.3) is 0 Å². The predicted octanol–water partition coefficient (Wildman–Crippen LogP) is 1.78. The number of aromatic nitrogens is 1. The number of nitrogens with zero attached hydrogens (tertiary/aromatic N) is 1. The number of aryl methyl sites for hydroxylation is 2. The average Bonchev–Trinajstić information content (AvgIpc) is 2.53. The summed E-state index contributed by atoms with van der Waals surface area (Å²) in [7, 11) is 1.94. The van der Waals surface area contributed by atoms with Gasteiger partial charge in [0.2, 0.25) is 0 Å². The number of fused-ring (bicyclic) bond motifs is 1. The zero-order chi connectivity index (χ0) is 11.7. The van der Waals surface area contributed by atoms with E-state index in [0.717, 1.165) is 22.2 Å². The molecule has 2 rings (SSSR count). The quantitative estimate of drug-likeness (QED) is 0.771. The average molecular weight is 218 g/mol. The van der Waals surface area contributed by atoms with E-state index in [1.807, 2.05) is 36.0 Å². The first-order chi connectivity index (χ1) is 7.58. The van der Waals surface area contributed by atoms with E-state index in [9.17, 15) is 4.79 Å². The normalized spacial score (nSPS) is 10.8. The molecule has 0 bridgehead atoms. The lowest BCUT2D eigenvalue weighted by atomic mass is 10.1. The van der Waals surface area contributed by atoms with E-state index < -0.39 is 5.97 Å². The molecule has 0 aliphatic rings. The highest BCUT2D eigenvalue weighted by molar-refractivity contribution is 5.87. The summed E-state index contributed by atoms with van der Waals surface area (Å²) >= 11 is 0. The maximum absolute atomic E-state index is 10.5. The first kappa shape index (κ1) is 10.5.